The van der Waals surface area contributed by atoms with Crippen LogP contribution in [0.3, 0.4) is 0 Å². The molecule has 1 aromatic carbocycles. The summed E-state index contributed by atoms with van der Waals surface area (Å²) in [4.78, 5) is 29.4. The summed E-state index contributed by atoms with van der Waals surface area (Å²) in [6.45, 7) is 0. The van der Waals surface area contributed by atoms with Crippen molar-refractivity contribution in [2.45, 2.75) is 0 Å². The fraction of sp³-hybridized carbons (Fsp3) is 0.154. The Kier molecular flexibility index (Phi) is 4.05. The van der Waals surface area contributed by atoms with Gasteiger partial charge in [-0.25, -0.2) is 4.79 Å². The van der Waals surface area contributed by atoms with Crippen LogP contribution in [0.1, 0.15) is 10.4 Å². The number of rotatable bonds is 3. The standard InChI is InChI=1S/C13H11ClN2O4/c1-19-12-11(17)15-9(10(14)16-12)7-3-5-8(6-4-7)13(18)20-2/h3-6H,1-2H3,(H,15,17). The van der Waals surface area contributed by atoms with Gasteiger partial charge in [-0.05, 0) is 12.1 Å². The molecule has 20 heavy (non-hydrogen) atoms. The van der Waals surface area contributed by atoms with Crippen molar-refractivity contribution in [3.63, 3.8) is 0 Å². The first kappa shape index (κ1) is 14.1. The van der Waals surface area contributed by atoms with Crippen molar-refractivity contribution >= 4 is 17.6 Å². The first-order valence-corrected chi connectivity index (χ1v) is 5.97. The van der Waals surface area contributed by atoms with E-state index in [2.05, 4.69) is 14.7 Å². The van der Waals surface area contributed by atoms with E-state index < -0.39 is 11.5 Å². The van der Waals surface area contributed by atoms with Crippen LogP contribution in [0.4, 0.5) is 0 Å². The van der Waals surface area contributed by atoms with Crippen LogP contribution in [0, 0.1) is 0 Å². The molecule has 1 N–H and O–H groups in total. The zero-order valence-corrected chi connectivity index (χ0v) is 11.5. The van der Waals surface area contributed by atoms with Gasteiger partial charge in [0.1, 0.15) is 0 Å². The van der Waals surface area contributed by atoms with Crippen molar-refractivity contribution in [3.8, 4) is 17.1 Å². The lowest BCUT2D eigenvalue weighted by Crippen LogP contribution is -2.12. The van der Waals surface area contributed by atoms with Gasteiger partial charge >= 0.3 is 11.5 Å². The summed E-state index contributed by atoms with van der Waals surface area (Å²) >= 11 is 5.99. The van der Waals surface area contributed by atoms with Crippen LogP contribution in [-0.2, 0) is 4.74 Å². The Morgan fingerprint density at radius 1 is 1.25 bits per heavy atom. The van der Waals surface area contributed by atoms with Gasteiger partial charge in [0, 0.05) is 5.56 Å². The van der Waals surface area contributed by atoms with Crippen molar-refractivity contribution < 1.29 is 14.3 Å². The van der Waals surface area contributed by atoms with Crippen molar-refractivity contribution in [1.82, 2.24) is 9.97 Å². The summed E-state index contributed by atoms with van der Waals surface area (Å²) in [5.41, 5.74) is 0.893. The monoisotopic (exact) mass is 294 g/mol. The normalized spacial score (nSPS) is 10.2. The van der Waals surface area contributed by atoms with E-state index in [1.165, 1.54) is 14.2 Å². The Labute approximate surface area is 119 Å². The molecule has 0 atom stereocenters. The molecule has 7 heteroatoms. The Bertz CT molecular complexity index is 695. The Morgan fingerprint density at radius 3 is 2.45 bits per heavy atom. The van der Waals surface area contributed by atoms with E-state index in [1.807, 2.05) is 0 Å². The quantitative estimate of drug-likeness (QED) is 0.874. The highest BCUT2D eigenvalue weighted by Gasteiger charge is 2.12. The second-order valence-corrected chi connectivity index (χ2v) is 4.17. The zero-order valence-electron chi connectivity index (χ0n) is 10.8. The third-order valence-electron chi connectivity index (χ3n) is 2.63. The number of carbonyl (C=O) groups excluding carboxylic acids is 1. The Balaban J connectivity index is 2.44. The largest absolute Gasteiger partial charge is 0.477 e. The molecule has 2 rings (SSSR count). The highest BCUT2D eigenvalue weighted by molar-refractivity contribution is 6.31. The van der Waals surface area contributed by atoms with Gasteiger partial charge in [0.05, 0.1) is 25.5 Å². The Morgan fingerprint density at radius 2 is 1.90 bits per heavy atom. The lowest BCUT2D eigenvalue weighted by molar-refractivity contribution is 0.0601. The summed E-state index contributed by atoms with van der Waals surface area (Å²) in [6.07, 6.45) is 0. The molecule has 0 fully saturated rings. The van der Waals surface area contributed by atoms with Gasteiger partial charge < -0.3 is 14.5 Å². The number of ether oxygens (including phenoxy) is 2. The van der Waals surface area contributed by atoms with Gasteiger partial charge in [-0.2, -0.15) is 4.98 Å². The van der Waals surface area contributed by atoms with Gasteiger partial charge in [0.15, 0.2) is 5.15 Å². The van der Waals surface area contributed by atoms with Gasteiger partial charge in [0.2, 0.25) is 0 Å². The third kappa shape index (κ3) is 2.65. The van der Waals surface area contributed by atoms with Crippen LogP contribution in [0.25, 0.3) is 11.3 Å². The van der Waals surface area contributed by atoms with E-state index in [0.29, 0.717) is 16.8 Å². The summed E-state index contributed by atoms with van der Waals surface area (Å²) in [7, 11) is 2.64. The Hall–Kier alpha value is -2.34. The highest BCUT2D eigenvalue weighted by atomic mass is 35.5. The molecule has 0 radical (unpaired) electrons. The maximum Gasteiger partial charge on any atom is 0.337 e. The summed E-state index contributed by atoms with van der Waals surface area (Å²) in [6, 6.07) is 6.41. The highest BCUT2D eigenvalue weighted by Crippen LogP contribution is 2.24. The summed E-state index contributed by atoms with van der Waals surface area (Å²) in [5.74, 6) is -0.547. The molecule has 104 valence electrons. The SMILES string of the molecule is COC(=O)c1ccc(-c2[nH]c(=O)c(OC)nc2Cl)cc1. The van der Waals surface area contributed by atoms with E-state index in [9.17, 15) is 9.59 Å². The molecule has 1 aromatic heterocycles. The fourth-order valence-corrected chi connectivity index (χ4v) is 1.87. The van der Waals surface area contributed by atoms with E-state index in [-0.39, 0.29) is 11.0 Å². The predicted octanol–water partition coefficient (Wildman–Crippen LogP) is 1.89. The van der Waals surface area contributed by atoms with Crippen molar-refractivity contribution in [3.05, 3.63) is 45.3 Å². The number of carbonyl (C=O) groups is 1. The summed E-state index contributed by atoms with van der Waals surface area (Å²) < 4.78 is 9.38. The smallest absolute Gasteiger partial charge is 0.337 e. The van der Waals surface area contributed by atoms with Crippen LogP contribution in [0.2, 0.25) is 5.15 Å². The number of H-pyrrole nitrogens is 1. The molecule has 0 aliphatic carbocycles. The number of aromatic amines is 1. The number of benzene rings is 1. The number of aromatic nitrogens is 2. The van der Waals surface area contributed by atoms with E-state index in [4.69, 9.17) is 16.3 Å². The van der Waals surface area contributed by atoms with Crippen LogP contribution >= 0.6 is 11.6 Å². The number of nitrogens with zero attached hydrogens (tertiary/aromatic N) is 1. The molecule has 0 amide bonds. The third-order valence-corrected chi connectivity index (χ3v) is 2.90. The predicted molar refractivity (Wildman–Crippen MR) is 73.2 cm³/mol. The number of nitrogens with one attached hydrogen (secondary N) is 1. The second kappa shape index (κ2) is 5.75. The lowest BCUT2D eigenvalue weighted by Gasteiger charge is -2.06. The van der Waals surface area contributed by atoms with Crippen LogP contribution in [-0.4, -0.2) is 30.2 Å². The molecule has 0 aliphatic rings. The van der Waals surface area contributed by atoms with E-state index in [0.717, 1.165) is 0 Å². The van der Waals surface area contributed by atoms with Crippen LogP contribution in [0.5, 0.6) is 5.88 Å². The number of methoxy groups -OCH3 is 2. The molecule has 1 heterocycles. The first-order valence-electron chi connectivity index (χ1n) is 5.59. The number of halogens is 1. The topological polar surface area (TPSA) is 81.3 Å². The number of esters is 1. The summed E-state index contributed by atoms with van der Waals surface area (Å²) in [5, 5.41) is 0.104. The minimum atomic E-state index is -0.482. The van der Waals surface area contributed by atoms with Gasteiger partial charge in [0.25, 0.3) is 5.88 Å². The molecule has 0 saturated heterocycles. The van der Waals surface area contributed by atoms with Crippen LogP contribution < -0.4 is 10.3 Å². The number of hydrogen-bond donors (Lipinski definition) is 1. The molecular formula is C13H11ClN2O4. The van der Waals surface area contributed by atoms with E-state index >= 15 is 0 Å². The van der Waals surface area contributed by atoms with Crippen molar-refractivity contribution in [2.75, 3.05) is 14.2 Å². The molecule has 2 aromatic rings. The molecule has 0 saturated carbocycles. The lowest BCUT2D eigenvalue weighted by atomic mass is 10.1. The maximum atomic E-state index is 11.6. The second-order valence-electron chi connectivity index (χ2n) is 3.81. The molecule has 0 aliphatic heterocycles. The van der Waals surface area contributed by atoms with Gasteiger partial charge in [-0.15, -0.1) is 0 Å². The van der Waals surface area contributed by atoms with Crippen molar-refractivity contribution in [2.24, 2.45) is 0 Å². The zero-order chi connectivity index (χ0) is 14.7. The van der Waals surface area contributed by atoms with Gasteiger partial charge in [-0.3, -0.25) is 4.79 Å². The molecule has 0 unspecified atom stereocenters. The average Bonchev–Trinajstić information content (AvgIpc) is 2.48. The number of hydrogen-bond acceptors (Lipinski definition) is 5. The molecule has 0 spiro atoms. The first-order chi connectivity index (χ1) is 9.56. The van der Waals surface area contributed by atoms with Crippen LogP contribution in [0.15, 0.2) is 29.1 Å². The maximum absolute atomic E-state index is 11.6. The fourth-order valence-electron chi connectivity index (χ4n) is 1.63. The molecule has 0 bridgehead atoms. The van der Waals surface area contributed by atoms with Crippen molar-refractivity contribution in [1.29, 1.82) is 0 Å². The minimum Gasteiger partial charge on any atom is -0.477 e. The van der Waals surface area contributed by atoms with E-state index in [1.54, 1.807) is 24.3 Å². The molecule has 6 nitrogen and oxygen atoms in total. The molecular weight excluding hydrogens is 284 g/mol. The minimum absolute atomic E-state index is 0.104. The average molecular weight is 295 g/mol. The van der Waals surface area contributed by atoms with Gasteiger partial charge in [-0.1, -0.05) is 23.7 Å².